The average Bonchev–Trinajstić information content (AvgIpc) is 3.22. The molecule has 2 aromatic rings. The van der Waals surface area contributed by atoms with E-state index in [0.717, 1.165) is 29.9 Å². The van der Waals surface area contributed by atoms with Gasteiger partial charge in [0.25, 0.3) is 0 Å². The van der Waals surface area contributed by atoms with Crippen molar-refractivity contribution in [2.75, 3.05) is 6.54 Å². The molecule has 1 aromatic heterocycles. The van der Waals surface area contributed by atoms with E-state index in [1.54, 1.807) is 0 Å². The lowest BCUT2D eigenvalue weighted by Crippen LogP contribution is -2.27. The van der Waals surface area contributed by atoms with Crippen LogP contribution < -0.4 is 5.32 Å². The third-order valence-electron chi connectivity index (χ3n) is 3.88. The molecule has 1 atom stereocenters. The van der Waals surface area contributed by atoms with E-state index in [-0.39, 0.29) is 0 Å². The number of halogens is 2. The van der Waals surface area contributed by atoms with E-state index in [9.17, 15) is 0 Å². The van der Waals surface area contributed by atoms with Gasteiger partial charge in [-0.15, -0.1) is 11.3 Å². The van der Waals surface area contributed by atoms with Gasteiger partial charge >= 0.3 is 0 Å². The normalized spacial score (nSPS) is 16.1. The fraction of sp³-hybridized carbons (Fsp3) is 0.412. The first kappa shape index (κ1) is 15.7. The minimum absolute atomic E-state index is 0.654. The number of nitrogens with one attached hydrogen (secondary N) is 1. The molecular formula is C17H19Br2NS. The first-order valence-electron chi connectivity index (χ1n) is 7.40. The third-order valence-corrected chi connectivity index (χ3v) is 6.35. The van der Waals surface area contributed by atoms with Gasteiger partial charge in [-0.2, -0.15) is 0 Å². The number of thiophene rings is 1. The van der Waals surface area contributed by atoms with Crippen molar-refractivity contribution in [1.82, 2.24) is 5.32 Å². The van der Waals surface area contributed by atoms with Crippen LogP contribution in [0, 0.1) is 5.92 Å². The lowest BCUT2D eigenvalue weighted by atomic mass is 9.95. The second-order valence-electron chi connectivity index (χ2n) is 5.77. The Labute approximate surface area is 147 Å². The minimum Gasteiger partial charge on any atom is -0.314 e. The summed E-state index contributed by atoms with van der Waals surface area (Å²) in [5, 5.41) is 5.87. The highest BCUT2D eigenvalue weighted by atomic mass is 79.9. The van der Waals surface area contributed by atoms with Crippen LogP contribution in [0.5, 0.6) is 0 Å². The zero-order chi connectivity index (χ0) is 14.7. The quantitative estimate of drug-likeness (QED) is 0.620. The van der Waals surface area contributed by atoms with E-state index in [1.807, 2.05) is 11.3 Å². The van der Waals surface area contributed by atoms with Crippen LogP contribution in [0.25, 0.3) is 0 Å². The number of benzene rings is 1. The lowest BCUT2D eigenvalue weighted by Gasteiger charge is -2.17. The molecule has 0 amide bonds. The van der Waals surface area contributed by atoms with Gasteiger partial charge in [0.2, 0.25) is 0 Å². The Morgan fingerprint density at radius 2 is 1.86 bits per heavy atom. The number of hydrogen-bond acceptors (Lipinski definition) is 2. The molecule has 0 saturated heterocycles. The third kappa shape index (κ3) is 4.92. The summed E-state index contributed by atoms with van der Waals surface area (Å²) in [6.45, 7) is 1.12. The highest BCUT2D eigenvalue weighted by Crippen LogP contribution is 2.27. The molecule has 1 aromatic carbocycles. The number of hydrogen-bond donors (Lipinski definition) is 1. The highest BCUT2D eigenvalue weighted by Gasteiger charge is 2.22. The van der Waals surface area contributed by atoms with E-state index in [2.05, 4.69) is 72.9 Å². The van der Waals surface area contributed by atoms with E-state index in [1.165, 1.54) is 27.8 Å². The Bertz CT molecular complexity index is 575. The molecule has 1 heterocycles. The minimum atomic E-state index is 0.654. The molecule has 21 heavy (non-hydrogen) atoms. The molecule has 1 N–H and O–H groups in total. The van der Waals surface area contributed by atoms with Crippen LogP contribution in [0.2, 0.25) is 0 Å². The van der Waals surface area contributed by atoms with E-state index in [0.29, 0.717) is 5.92 Å². The van der Waals surface area contributed by atoms with Crippen molar-refractivity contribution in [3.63, 3.8) is 0 Å². The van der Waals surface area contributed by atoms with Gasteiger partial charge in [-0.1, -0.05) is 28.1 Å². The molecule has 1 aliphatic rings. The summed E-state index contributed by atoms with van der Waals surface area (Å²) < 4.78 is 2.42. The Hall–Kier alpha value is -0.160. The number of rotatable bonds is 7. The van der Waals surface area contributed by atoms with Crippen LogP contribution >= 0.6 is 43.2 Å². The Morgan fingerprint density at radius 3 is 2.48 bits per heavy atom. The summed E-state index contributed by atoms with van der Waals surface area (Å²) in [6.07, 6.45) is 4.99. The molecule has 1 saturated carbocycles. The first-order valence-corrected chi connectivity index (χ1v) is 9.87. The van der Waals surface area contributed by atoms with E-state index >= 15 is 0 Å². The predicted molar refractivity (Wildman–Crippen MR) is 98.1 cm³/mol. The van der Waals surface area contributed by atoms with Crippen LogP contribution in [-0.4, -0.2) is 12.6 Å². The average molecular weight is 429 g/mol. The monoisotopic (exact) mass is 427 g/mol. The van der Waals surface area contributed by atoms with Crippen molar-refractivity contribution in [3.8, 4) is 0 Å². The lowest BCUT2D eigenvalue weighted by molar-refractivity contribution is 0.471. The molecule has 1 unspecified atom stereocenters. The summed E-state index contributed by atoms with van der Waals surface area (Å²) in [5.41, 5.74) is 1.42. The Balaban J connectivity index is 1.65. The maximum atomic E-state index is 3.70. The molecule has 3 rings (SSSR count). The van der Waals surface area contributed by atoms with E-state index < -0.39 is 0 Å². The van der Waals surface area contributed by atoms with Crippen molar-refractivity contribution >= 4 is 43.2 Å². The Kier molecular flexibility index (Phi) is 5.54. The molecule has 0 spiro atoms. The largest absolute Gasteiger partial charge is 0.314 e. The molecule has 1 aliphatic carbocycles. The predicted octanol–water partition coefficient (Wildman–Crippen LogP) is 5.43. The van der Waals surface area contributed by atoms with Gasteiger partial charge < -0.3 is 5.32 Å². The van der Waals surface area contributed by atoms with Gasteiger partial charge in [0, 0.05) is 19.9 Å². The molecule has 1 fully saturated rings. The van der Waals surface area contributed by atoms with Crippen LogP contribution in [0.15, 0.2) is 44.7 Å². The summed E-state index contributed by atoms with van der Waals surface area (Å²) in [6, 6.07) is 11.7. The van der Waals surface area contributed by atoms with E-state index in [4.69, 9.17) is 0 Å². The first-order chi connectivity index (χ1) is 10.2. The summed E-state index contributed by atoms with van der Waals surface area (Å²) in [5.74, 6) is 0.654. The standard InChI is InChI=1S/C17H19Br2NS/c18-14-3-1-12(2-4-14)9-13(11-20-15-5-6-15)10-17-16(19)7-8-21-17/h1-4,7-8,13,15,20H,5-6,9-11H2. The smallest absolute Gasteiger partial charge is 0.0314 e. The highest BCUT2D eigenvalue weighted by molar-refractivity contribution is 9.10. The summed E-state index contributed by atoms with van der Waals surface area (Å²) in [4.78, 5) is 1.47. The fourth-order valence-electron chi connectivity index (χ4n) is 2.52. The van der Waals surface area contributed by atoms with Gasteiger partial charge in [0.1, 0.15) is 0 Å². The summed E-state index contributed by atoms with van der Waals surface area (Å²) in [7, 11) is 0. The second-order valence-corrected chi connectivity index (χ2v) is 8.55. The molecule has 1 nitrogen and oxygen atoms in total. The second kappa shape index (κ2) is 7.40. The maximum absolute atomic E-state index is 3.70. The van der Waals surface area contributed by atoms with Gasteiger partial charge in [-0.3, -0.25) is 0 Å². The summed E-state index contributed by atoms with van der Waals surface area (Å²) >= 11 is 9.04. The van der Waals surface area contributed by atoms with Crippen molar-refractivity contribution in [2.24, 2.45) is 5.92 Å². The van der Waals surface area contributed by atoms with Gasteiger partial charge in [-0.05, 0) is 83.2 Å². The topological polar surface area (TPSA) is 12.0 Å². The van der Waals surface area contributed by atoms with Crippen LogP contribution in [0.1, 0.15) is 23.3 Å². The van der Waals surface area contributed by atoms with Crippen molar-refractivity contribution in [2.45, 2.75) is 31.7 Å². The van der Waals surface area contributed by atoms with Gasteiger partial charge in [0.15, 0.2) is 0 Å². The van der Waals surface area contributed by atoms with Crippen molar-refractivity contribution < 1.29 is 0 Å². The van der Waals surface area contributed by atoms with Crippen LogP contribution in [0.4, 0.5) is 0 Å². The molecule has 112 valence electrons. The van der Waals surface area contributed by atoms with Crippen molar-refractivity contribution in [1.29, 1.82) is 0 Å². The maximum Gasteiger partial charge on any atom is 0.0314 e. The van der Waals surface area contributed by atoms with Crippen LogP contribution in [0.3, 0.4) is 0 Å². The van der Waals surface area contributed by atoms with Crippen LogP contribution in [-0.2, 0) is 12.8 Å². The van der Waals surface area contributed by atoms with Crippen molar-refractivity contribution in [3.05, 3.63) is 55.1 Å². The van der Waals surface area contributed by atoms with Gasteiger partial charge in [0.05, 0.1) is 0 Å². The fourth-order valence-corrected chi connectivity index (χ4v) is 4.42. The van der Waals surface area contributed by atoms with Gasteiger partial charge in [-0.25, -0.2) is 0 Å². The zero-order valence-corrected chi connectivity index (χ0v) is 15.8. The molecule has 0 bridgehead atoms. The molecule has 0 aliphatic heterocycles. The SMILES string of the molecule is Brc1ccc(CC(CNC2CC2)Cc2sccc2Br)cc1. The molecule has 4 heteroatoms. The zero-order valence-electron chi connectivity index (χ0n) is 11.8. The molecule has 0 radical (unpaired) electrons. The Morgan fingerprint density at radius 1 is 1.10 bits per heavy atom. The molecular weight excluding hydrogens is 410 g/mol.